The maximum Gasteiger partial charge on any atom is 0.237 e. The number of carbonyl (C=O) groups is 1. The van der Waals surface area contributed by atoms with Crippen molar-refractivity contribution in [2.75, 3.05) is 0 Å². The van der Waals surface area contributed by atoms with Gasteiger partial charge >= 0.3 is 0 Å². The highest BCUT2D eigenvalue weighted by Crippen LogP contribution is 2.15. The van der Waals surface area contributed by atoms with E-state index in [1.165, 1.54) is 0 Å². The van der Waals surface area contributed by atoms with E-state index < -0.39 is 0 Å². The molecule has 0 heterocycles. The minimum absolute atomic E-state index is 0.171. The molecule has 3 N–H and O–H groups in total. The molecule has 0 fully saturated rings. The van der Waals surface area contributed by atoms with Gasteiger partial charge in [-0.3, -0.25) is 10.2 Å². The van der Waals surface area contributed by atoms with Crippen LogP contribution in [0.1, 0.15) is 12.0 Å². The number of nitrogens with two attached hydrogens (primary N) is 1. The van der Waals surface area contributed by atoms with Gasteiger partial charge in [-0.15, -0.1) is 6.58 Å². The van der Waals surface area contributed by atoms with Crippen LogP contribution < -0.4 is 11.3 Å². The fourth-order valence-corrected chi connectivity index (χ4v) is 1.63. The SMILES string of the molecule is C=CCC(Cc1ccc(Cl)cc1)C(=O)NN. The number of nitrogens with one attached hydrogen (secondary N) is 1. The van der Waals surface area contributed by atoms with Crippen LogP contribution in [0.4, 0.5) is 0 Å². The highest BCUT2D eigenvalue weighted by molar-refractivity contribution is 6.30. The molecule has 1 rings (SSSR count). The maximum absolute atomic E-state index is 11.5. The van der Waals surface area contributed by atoms with Crippen LogP contribution in [0.3, 0.4) is 0 Å². The van der Waals surface area contributed by atoms with Crippen molar-refractivity contribution in [2.24, 2.45) is 11.8 Å². The van der Waals surface area contributed by atoms with Crippen LogP contribution in [0.25, 0.3) is 0 Å². The van der Waals surface area contributed by atoms with Crippen LogP contribution in [0, 0.1) is 5.92 Å². The van der Waals surface area contributed by atoms with Crippen LogP contribution >= 0.6 is 11.6 Å². The Labute approximate surface area is 100 Å². The molecule has 0 saturated carbocycles. The zero-order valence-corrected chi connectivity index (χ0v) is 9.70. The summed E-state index contributed by atoms with van der Waals surface area (Å²) in [5.41, 5.74) is 3.22. The number of carbonyl (C=O) groups excluding carboxylic acids is 1. The van der Waals surface area contributed by atoms with Crippen molar-refractivity contribution in [3.8, 4) is 0 Å². The van der Waals surface area contributed by atoms with Crippen molar-refractivity contribution in [2.45, 2.75) is 12.8 Å². The van der Waals surface area contributed by atoms with Gasteiger partial charge in [0.15, 0.2) is 0 Å². The third-order valence-corrected chi connectivity index (χ3v) is 2.61. The first-order valence-corrected chi connectivity index (χ1v) is 5.41. The number of allylic oxidation sites excluding steroid dienone is 1. The summed E-state index contributed by atoms with van der Waals surface area (Å²) in [5.74, 6) is 4.78. The van der Waals surface area contributed by atoms with E-state index in [9.17, 15) is 4.79 Å². The third-order valence-electron chi connectivity index (χ3n) is 2.36. The molecule has 0 spiro atoms. The standard InChI is InChI=1S/C12H15ClN2O/c1-2-3-10(12(16)15-14)8-9-4-6-11(13)7-5-9/h2,4-7,10H,1,3,8,14H2,(H,15,16). The van der Waals surface area contributed by atoms with E-state index in [-0.39, 0.29) is 11.8 Å². The van der Waals surface area contributed by atoms with E-state index in [1.54, 1.807) is 6.08 Å². The first-order valence-electron chi connectivity index (χ1n) is 5.03. The molecule has 1 aromatic rings. The molecule has 0 bridgehead atoms. The molecular formula is C12H15ClN2O. The van der Waals surface area contributed by atoms with Crippen molar-refractivity contribution < 1.29 is 4.79 Å². The summed E-state index contributed by atoms with van der Waals surface area (Å²) in [4.78, 5) is 11.5. The Bertz CT molecular complexity index is 362. The van der Waals surface area contributed by atoms with Gasteiger partial charge < -0.3 is 0 Å². The molecule has 3 nitrogen and oxygen atoms in total. The second-order valence-electron chi connectivity index (χ2n) is 3.56. The third kappa shape index (κ3) is 3.68. The van der Waals surface area contributed by atoms with E-state index in [4.69, 9.17) is 17.4 Å². The molecule has 0 aromatic heterocycles. The van der Waals surface area contributed by atoms with Crippen LogP contribution in [0.2, 0.25) is 5.02 Å². The molecule has 0 aliphatic rings. The quantitative estimate of drug-likeness (QED) is 0.357. The highest BCUT2D eigenvalue weighted by atomic mass is 35.5. The van der Waals surface area contributed by atoms with Crippen molar-refractivity contribution in [3.05, 3.63) is 47.5 Å². The molecule has 0 radical (unpaired) electrons. The lowest BCUT2D eigenvalue weighted by Gasteiger charge is -2.13. The molecule has 86 valence electrons. The lowest BCUT2D eigenvalue weighted by atomic mass is 9.95. The highest BCUT2D eigenvalue weighted by Gasteiger charge is 2.16. The average molecular weight is 239 g/mol. The summed E-state index contributed by atoms with van der Waals surface area (Å²) in [7, 11) is 0. The average Bonchev–Trinajstić information content (AvgIpc) is 2.30. The van der Waals surface area contributed by atoms with Gasteiger partial charge in [0.05, 0.1) is 0 Å². The van der Waals surface area contributed by atoms with E-state index in [0.29, 0.717) is 17.9 Å². The van der Waals surface area contributed by atoms with Gasteiger partial charge in [0.25, 0.3) is 0 Å². The first kappa shape index (κ1) is 12.7. The van der Waals surface area contributed by atoms with Gasteiger partial charge in [0, 0.05) is 10.9 Å². The van der Waals surface area contributed by atoms with Crippen molar-refractivity contribution in [1.82, 2.24) is 5.43 Å². The number of hydrogen-bond donors (Lipinski definition) is 2. The summed E-state index contributed by atoms with van der Waals surface area (Å²) in [5, 5.41) is 0.687. The molecule has 1 aromatic carbocycles. The predicted octanol–water partition coefficient (Wildman–Crippen LogP) is 2.06. The fraction of sp³-hybridized carbons (Fsp3) is 0.250. The Hall–Kier alpha value is -1.32. The second-order valence-corrected chi connectivity index (χ2v) is 4.00. The second kappa shape index (κ2) is 6.30. The van der Waals surface area contributed by atoms with Crippen molar-refractivity contribution in [3.63, 3.8) is 0 Å². The number of hydrogen-bond acceptors (Lipinski definition) is 2. The minimum Gasteiger partial charge on any atom is -0.294 e. The van der Waals surface area contributed by atoms with Crippen molar-refractivity contribution in [1.29, 1.82) is 0 Å². The number of benzene rings is 1. The minimum atomic E-state index is -0.177. The molecule has 1 atom stereocenters. The van der Waals surface area contributed by atoms with Crippen molar-refractivity contribution >= 4 is 17.5 Å². The molecule has 0 saturated heterocycles. The molecule has 4 heteroatoms. The summed E-state index contributed by atoms with van der Waals surface area (Å²) in [6.07, 6.45) is 2.95. The number of rotatable bonds is 5. The Morgan fingerprint density at radius 1 is 1.50 bits per heavy atom. The topological polar surface area (TPSA) is 55.1 Å². The van der Waals surface area contributed by atoms with Crippen LogP contribution in [0.5, 0.6) is 0 Å². The van der Waals surface area contributed by atoms with E-state index in [2.05, 4.69) is 12.0 Å². The normalized spacial score (nSPS) is 11.9. The molecule has 1 amide bonds. The molecule has 16 heavy (non-hydrogen) atoms. The van der Waals surface area contributed by atoms with Gasteiger partial charge in [-0.05, 0) is 30.5 Å². The van der Waals surface area contributed by atoms with E-state index in [1.807, 2.05) is 24.3 Å². The Morgan fingerprint density at radius 3 is 2.62 bits per heavy atom. The maximum atomic E-state index is 11.5. The first-order chi connectivity index (χ1) is 7.67. The summed E-state index contributed by atoms with van der Waals surface area (Å²) >= 11 is 5.78. The summed E-state index contributed by atoms with van der Waals surface area (Å²) in [6.45, 7) is 3.63. The number of halogens is 1. The lowest BCUT2D eigenvalue weighted by Crippen LogP contribution is -2.36. The lowest BCUT2D eigenvalue weighted by molar-refractivity contribution is -0.124. The Balaban J connectivity index is 2.71. The van der Waals surface area contributed by atoms with Gasteiger partial charge in [-0.25, -0.2) is 5.84 Å². The van der Waals surface area contributed by atoms with Crippen LogP contribution in [-0.4, -0.2) is 5.91 Å². The van der Waals surface area contributed by atoms with Gasteiger partial charge in [-0.1, -0.05) is 29.8 Å². The number of amides is 1. The fourth-order valence-electron chi connectivity index (χ4n) is 1.51. The Kier molecular flexibility index (Phi) is 5.02. The monoisotopic (exact) mass is 238 g/mol. The van der Waals surface area contributed by atoms with E-state index >= 15 is 0 Å². The number of hydrazine groups is 1. The predicted molar refractivity (Wildman–Crippen MR) is 65.8 cm³/mol. The largest absolute Gasteiger partial charge is 0.294 e. The zero-order chi connectivity index (χ0) is 12.0. The van der Waals surface area contributed by atoms with Gasteiger partial charge in [-0.2, -0.15) is 0 Å². The molecule has 0 aliphatic heterocycles. The summed E-state index contributed by atoms with van der Waals surface area (Å²) in [6, 6.07) is 7.43. The van der Waals surface area contributed by atoms with Gasteiger partial charge in [0.1, 0.15) is 0 Å². The van der Waals surface area contributed by atoms with Crippen LogP contribution in [-0.2, 0) is 11.2 Å². The molecule has 1 unspecified atom stereocenters. The smallest absolute Gasteiger partial charge is 0.237 e. The van der Waals surface area contributed by atoms with E-state index in [0.717, 1.165) is 5.56 Å². The molecule has 0 aliphatic carbocycles. The summed E-state index contributed by atoms with van der Waals surface area (Å²) < 4.78 is 0. The van der Waals surface area contributed by atoms with Gasteiger partial charge in [0.2, 0.25) is 5.91 Å². The molecular weight excluding hydrogens is 224 g/mol. The van der Waals surface area contributed by atoms with Crippen LogP contribution in [0.15, 0.2) is 36.9 Å². The Morgan fingerprint density at radius 2 is 2.12 bits per heavy atom. The zero-order valence-electron chi connectivity index (χ0n) is 8.95.